The Morgan fingerprint density at radius 3 is 2.04 bits per heavy atom. The molecular formula is C36H40ClF3N8O5. The molecule has 0 atom stereocenters. The van der Waals surface area contributed by atoms with E-state index in [2.05, 4.69) is 41.5 Å². The van der Waals surface area contributed by atoms with Gasteiger partial charge in [-0.3, -0.25) is 14.4 Å². The van der Waals surface area contributed by atoms with Crippen molar-refractivity contribution in [3.05, 3.63) is 88.9 Å². The molecule has 17 heteroatoms. The van der Waals surface area contributed by atoms with Crippen LogP contribution >= 0.6 is 11.6 Å². The number of anilines is 4. The average molecular weight is 757 g/mol. The molecule has 1 heterocycles. The van der Waals surface area contributed by atoms with Crippen molar-refractivity contribution in [3.63, 3.8) is 0 Å². The van der Waals surface area contributed by atoms with Crippen molar-refractivity contribution < 1.29 is 37.0 Å². The molecule has 0 spiro atoms. The molecule has 1 fully saturated rings. The summed E-state index contributed by atoms with van der Waals surface area (Å²) in [5.74, 6) is 0.319. The van der Waals surface area contributed by atoms with Crippen molar-refractivity contribution in [2.45, 2.75) is 45.3 Å². The highest BCUT2D eigenvalue weighted by atomic mass is 35.5. The van der Waals surface area contributed by atoms with Gasteiger partial charge in [0.1, 0.15) is 5.75 Å². The number of ether oxygens (including phenoxy) is 2. The molecule has 0 unspecified atom stereocenters. The number of benzene rings is 3. The summed E-state index contributed by atoms with van der Waals surface area (Å²) >= 11 is 6.01. The van der Waals surface area contributed by atoms with Crippen LogP contribution in [0.3, 0.4) is 0 Å². The van der Waals surface area contributed by atoms with Gasteiger partial charge in [-0.25, -0.2) is 0 Å². The number of carbonyl (C=O) groups is 3. The Morgan fingerprint density at radius 2 is 1.47 bits per heavy atom. The van der Waals surface area contributed by atoms with Gasteiger partial charge in [0.25, 0.3) is 5.91 Å². The quantitative estimate of drug-likeness (QED) is 0.0849. The SMILES string of the molecule is CC(=O)NCC(C)(C)CNC(=O)c1ccc(Nc2nc(NC3(c4ccc(Cl)cc4)CC3)nc(OCC(F)(F)F)n2)cc1.COc1ccc(NC=O)cc1. The van der Waals surface area contributed by atoms with Gasteiger partial charge in [0.2, 0.25) is 24.2 Å². The minimum Gasteiger partial charge on any atom is -0.497 e. The Labute approximate surface area is 309 Å². The first-order valence-electron chi connectivity index (χ1n) is 16.3. The largest absolute Gasteiger partial charge is 0.497 e. The van der Waals surface area contributed by atoms with Crippen molar-refractivity contribution >= 4 is 53.1 Å². The van der Waals surface area contributed by atoms with E-state index in [0.29, 0.717) is 35.8 Å². The summed E-state index contributed by atoms with van der Waals surface area (Å²) < 4.78 is 48.2. The zero-order valence-corrected chi connectivity index (χ0v) is 30.2. The summed E-state index contributed by atoms with van der Waals surface area (Å²) in [6, 6.07) is 20.2. The Morgan fingerprint density at radius 1 is 0.868 bits per heavy atom. The second-order valence-electron chi connectivity index (χ2n) is 12.8. The zero-order valence-electron chi connectivity index (χ0n) is 29.4. The van der Waals surface area contributed by atoms with Gasteiger partial charge in [-0.1, -0.05) is 37.6 Å². The van der Waals surface area contributed by atoms with Gasteiger partial charge in [0.05, 0.1) is 12.6 Å². The number of hydrogen-bond donors (Lipinski definition) is 5. The Hall–Kier alpha value is -5.64. The number of nitrogens with one attached hydrogen (secondary N) is 5. The van der Waals surface area contributed by atoms with Gasteiger partial charge in [-0.2, -0.15) is 28.1 Å². The van der Waals surface area contributed by atoms with E-state index in [9.17, 15) is 27.6 Å². The van der Waals surface area contributed by atoms with Crippen molar-refractivity contribution in [1.29, 1.82) is 0 Å². The van der Waals surface area contributed by atoms with Gasteiger partial charge >= 0.3 is 12.2 Å². The van der Waals surface area contributed by atoms with Crippen LogP contribution in [0.5, 0.6) is 11.8 Å². The molecule has 0 saturated heterocycles. The van der Waals surface area contributed by atoms with Crippen LogP contribution in [-0.4, -0.2) is 66.2 Å². The number of nitrogens with zero attached hydrogens (tertiary/aromatic N) is 3. The second-order valence-corrected chi connectivity index (χ2v) is 13.3. The normalized spacial score (nSPS) is 13.0. The first kappa shape index (κ1) is 40.1. The molecular weight excluding hydrogens is 717 g/mol. The molecule has 3 amide bonds. The summed E-state index contributed by atoms with van der Waals surface area (Å²) in [6.45, 7) is 4.45. The monoisotopic (exact) mass is 756 g/mol. The Bertz CT molecular complexity index is 1840. The van der Waals surface area contributed by atoms with E-state index in [0.717, 1.165) is 29.8 Å². The van der Waals surface area contributed by atoms with Crippen molar-refractivity contribution in [2.75, 3.05) is 42.8 Å². The molecule has 4 aromatic rings. The van der Waals surface area contributed by atoms with Gasteiger partial charge in [-0.15, -0.1) is 0 Å². The molecule has 282 valence electrons. The Balaban J connectivity index is 0.000000488. The molecule has 0 aliphatic heterocycles. The van der Waals surface area contributed by atoms with Gasteiger partial charge in [-0.05, 0) is 84.5 Å². The van der Waals surface area contributed by atoms with Crippen LogP contribution in [0.4, 0.5) is 36.4 Å². The molecule has 53 heavy (non-hydrogen) atoms. The van der Waals surface area contributed by atoms with E-state index >= 15 is 0 Å². The first-order chi connectivity index (χ1) is 25.1. The number of halogens is 4. The van der Waals surface area contributed by atoms with Gasteiger partial charge in [0.15, 0.2) is 6.61 Å². The van der Waals surface area contributed by atoms with Crippen LogP contribution in [0.1, 0.15) is 49.5 Å². The molecule has 0 radical (unpaired) electrons. The molecule has 5 rings (SSSR count). The van der Waals surface area contributed by atoms with Gasteiger partial charge < -0.3 is 36.1 Å². The first-order valence-corrected chi connectivity index (χ1v) is 16.7. The van der Waals surface area contributed by atoms with Gasteiger partial charge in [0, 0.05) is 42.0 Å². The topological polar surface area (TPSA) is 168 Å². The molecule has 3 aromatic carbocycles. The summed E-state index contributed by atoms with van der Waals surface area (Å²) in [4.78, 5) is 46.2. The standard InChI is InChI=1S/C28H31ClF3N7O3.C8H9NO2/c1-17(40)33-14-26(2,3)15-34-22(41)18-4-10-21(11-5-18)35-23-36-24(38-25(37-23)42-16-28(30,31)32)39-27(12-13-27)19-6-8-20(29)9-7-19;1-11-8-4-2-7(3-5-8)9-6-10/h4-11H,12-16H2,1-3H3,(H,33,40)(H,34,41)(H2,35,36,37,38,39);2-6H,1H3,(H,9,10). The highest BCUT2D eigenvalue weighted by Gasteiger charge is 2.45. The summed E-state index contributed by atoms with van der Waals surface area (Å²) in [5.41, 5.74) is 1.73. The molecule has 1 aliphatic carbocycles. The smallest absolute Gasteiger partial charge is 0.422 e. The number of amides is 3. The molecule has 1 aliphatic rings. The van der Waals surface area contributed by atoms with Crippen LogP contribution in [0.15, 0.2) is 72.8 Å². The minimum atomic E-state index is -4.58. The minimum absolute atomic E-state index is 0.0370. The number of methoxy groups -OCH3 is 1. The molecule has 5 N–H and O–H groups in total. The van der Waals surface area contributed by atoms with Crippen LogP contribution < -0.4 is 36.1 Å². The van der Waals surface area contributed by atoms with Crippen LogP contribution in [-0.2, 0) is 15.1 Å². The maximum absolute atomic E-state index is 12.8. The van der Waals surface area contributed by atoms with E-state index in [1.165, 1.54) is 6.92 Å². The lowest BCUT2D eigenvalue weighted by atomic mass is 9.93. The Kier molecular flexibility index (Phi) is 13.4. The third kappa shape index (κ3) is 13.1. The number of rotatable bonds is 15. The number of aromatic nitrogens is 3. The molecule has 1 aromatic heterocycles. The molecule has 13 nitrogen and oxygen atoms in total. The third-order valence-electron chi connectivity index (χ3n) is 7.74. The summed E-state index contributed by atoms with van der Waals surface area (Å²) in [7, 11) is 1.60. The van der Waals surface area contributed by atoms with E-state index in [-0.39, 0.29) is 29.1 Å². The summed E-state index contributed by atoms with van der Waals surface area (Å²) in [5, 5.41) is 14.8. The fraction of sp³-hybridized carbons (Fsp3) is 0.333. The van der Waals surface area contributed by atoms with E-state index in [4.69, 9.17) is 21.1 Å². The van der Waals surface area contributed by atoms with Crippen LogP contribution in [0.25, 0.3) is 0 Å². The number of hydrogen-bond acceptors (Lipinski definition) is 10. The predicted molar refractivity (Wildman–Crippen MR) is 195 cm³/mol. The highest BCUT2D eigenvalue weighted by molar-refractivity contribution is 6.30. The lowest BCUT2D eigenvalue weighted by molar-refractivity contribution is -0.154. The highest BCUT2D eigenvalue weighted by Crippen LogP contribution is 2.48. The average Bonchev–Trinajstić information content (AvgIpc) is 3.90. The predicted octanol–water partition coefficient (Wildman–Crippen LogP) is 6.47. The lowest BCUT2D eigenvalue weighted by Gasteiger charge is -2.25. The summed E-state index contributed by atoms with van der Waals surface area (Å²) in [6.07, 6.45) is -2.42. The van der Waals surface area contributed by atoms with E-state index < -0.39 is 24.3 Å². The van der Waals surface area contributed by atoms with E-state index in [1.54, 1.807) is 67.8 Å². The van der Waals surface area contributed by atoms with Crippen molar-refractivity contribution in [1.82, 2.24) is 25.6 Å². The van der Waals surface area contributed by atoms with E-state index in [1.807, 2.05) is 26.0 Å². The zero-order chi connectivity index (χ0) is 38.6. The maximum atomic E-state index is 12.8. The molecule has 1 saturated carbocycles. The van der Waals surface area contributed by atoms with Crippen molar-refractivity contribution in [2.24, 2.45) is 5.41 Å². The fourth-order valence-electron chi connectivity index (χ4n) is 4.71. The number of alkyl halides is 3. The fourth-order valence-corrected chi connectivity index (χ4v) is 4.84. The lowest BCUT2D eigenvalue weighted by Crippen LogP contribution is -2.41. The van der Waals surface area contributed by atoms with Crippen molar-refractivity contribution in [3.8, 4) is 11.8 Å². The van der Waals surface area contributed by atoms with Crippen LogP contribution in [0.2, 0.25) is 5.02 Å². The second kappa shape index (κ2) is 17.7. The number of carbonyl (C=O) groups excluding carboxylic acids is 3. The third-order valence-corrected chi connectivity index (χ3v) is 7.99. The maximum Gasteiger partial charge on any atom is 0.422 e. The molecule has 0 bridgehead atoms. The van der Waals surface area contributed by atoms with Crippen LogP contribution in [0, 0.1) is 5.41 Å².